The lowest BCUT2D eigenvalue weighted by atomic mass is 9.74. The molecule has 1 aromatic heterocycles. The van der Waals surface area contributed by atoms with Crippen molar-refractivity contribution in [1.29, 1.82) is 0 Å². The Balaban J connectivity index is 1.55. The number of thiophene rings is 1. The molecule has 4 nitrogen and oxygen atoms in total. The fourth-order valence-electron chi connectivity index (χ4n) is 4.29. The average Bonchev–Trinajstić information content (AvgIpc) is 3.42. The van der Waals surface area contributed by atoms with Crippen LogP contribution in [0.4, 0.5) is 0 Å². The monoisotopic (exact) mass is 396 g/mol. The smallest absolute Gasteiger partial charge is 0.228 e. The summed E-state index contributed by atoms with van der Waals surface area (Å²) in [4.78, 5) is 28.9. The second-order valence-corrected chi connectivity index (χ2v) is 9.08. The Morgan fingerprint density at radius 1 is 1.21 bits per heavy atom. The van der Waals surface area contributed by atoms with Crippen LogP contribution in [-0.4, -0.2) is 36.3 Å². The van der Waals surface area contributed by atoms with Gasteiger partial charge in [-0.2, -0.15) is 0 Å². The molecule has 0 radical (unpaired) electrons. The first-order valence-electron chi connectivity index (χ1n) is 10.3. The predicted octanol–water partition coefficient (Wildman–Crippen LogP) is 4.11. The Morgan fingerprint density at radius 3 is 2.64 bits per heavy atom. The SMILES string of the molecule is CCNC(=O)[C@]1(Cc2ccc(-c3cccs3)cc2)CCCN(C(=O)C2CC2)C1. The molecule has 1 aromatic carbocycles. The lowest BCUT2D eigenvalue weighted by Gasteiger charge is -2.42. The number of benzene rings is 1. The van der Waals surface area contributed by atoms with E-state index in [9.17, 15) is 9.59 Å². The van der Waals surface area contributed by atoms with Gasteiger partial charge in [0.2, 0.25) is 11.8 Å². The van der Waals surface area contributed by atoms with Gasteiger partial charge in [-0.05, 0) is 61.6 Å². The van der Waals surface area contributed by atoms with Crippen molar-refractivity contribution >= 4 is 23.2 Å². The van der Waals surface area contributed by atoms with Crippen LogP contribution in [-0.2, 0) is 16.0 Å². The summed E-state index contributed by atoms with van der Waals surface area (Å²) in [5.41, 5.74) is 1.84. The lowest BCUT2D eigenvalue weighted by Crippen LogP contribution is -2.54. The maximum atomic E-state index is 13.1. The Kier molecular flexibility index (Phi) is 5.54. The number of amides is 2. The molecule has 1 atom stereocenters. The second kappa shape index (κ2) is 8.08. The molecule has 1 aliphatic carbocycles. The van der Waals surface area contributed by atoms with Gasteiger partial charge in [0.05, 0.1) is 5.41 Å². The average molecular weight is 397 g/mol. The summed E-state index contributed by atoms with van der Waals surface area (Å²) in [6.07, 6.45) is 4.42. The van der Waals surface area contributed by atoms with Crippen molar-refractivity contribution in [3.63, 3.8) is 0 Å². The summed E-state index contributed by atoms with van der Waals surface area (Å²) in [7, 11) is 0. The zero-order valence-corrected chi connectivity index (χ0v) is 17.3. The number of likely N-dealkylation sites (tertiary alicyclic amines) is 1. The molecule has 0 spiro atoms. The third kappa shape index (κ3) is 4.00. The van der Waals surface area contributed by atoms with Crippen LogP contribution in [0.3, 0.4) is 0 Å². The van der Waals surface area contributed by atoms with Gasteiger partial charge in [0.25, 0.3) is 0 Å². The van der Waals surface area contributed by atoms with Crippen molar-refractivity contribution in [2.45, 2.75) is 39.0 Å². The number of hydrogen-bond donors (Lipinski definition) is 1. The Morgan fingerprint density at radius 2 is 2.00 bits per heavy atom. The summed E-state index contributed by atoms with van der Waals surface area (Å²) >= 11 is 1.73. The lowest BCUT2D eigenvalue weighted by molar-refractivity contribution is -0.142. The third-order valence-corrected chi connectivity index (χ3v) is 6.86. The molecule has 2 heterocycles. The van der Waals surface area contributed by atoms with Crippen molar-refractivity contribution in [2.24, 2.45) is 11.3 Å². The van der Waals surface area contributed by atoms with Gasteiger partial charge in [0, 0.05) is 30.4 Å². The fourth-order valence-corrected chi connectivity index (χ4v) is 5.02. The van der Waals surface area contributed by atoms with E-state index in [0.29, 0.717) is 19.5 Å². The normalized spacial score (nSPS) is 22.1. The van der Waals surface area contributed by atoms with E-state index in [2.05, 4.69) is 47.1 Å². The van der Waals surface area contributed by atoms with Gasteiger partial charge >= 0.3 is 0 Å². The molecule has 1 saturated carbocycles. The molecule has 5 heteroatoms. The van der Waals surface area contributed by atoms with E-state index >= 15 is 0 Å². The molecule has 2 aromatic rings. The highest BCUT2D eigenvalue weighted by atomic mass is 32.1. The number of nitrogens with zero attached hydrogens (tertiary/aromatic N) is 1. The summed E-state index contributed by atoms with van der Waals surface area (Å²) in [6.45, 7) is 3.90. The molecular formula is C23H28N2O2S. The molecule has 2 fully saturated rings. The van der Waals surface area contributed by atoms with E-state index in [0.717, 1.165) is 37.8 Å². The number of nitrogens with one attached hydrogen (secondary N) is 1. The molecular weight excluding hydrogens is 368 g/mol. The molecule has 0 bridgehead atoms. The second-order valence-electron chi connectivity index (χ2n) is 8.13. The predicted molar refractivity (Wildman–Crippen MR) is 113 cm³/mol. The number of rotatable bonds is 6. The standard InChI is InChI=1S/C23H28N2O2S/c1-2-24-22(27)23(12-4-13-25(16-23)21(26)19-10-11-19)15-17-6-8-18(9-7-17)20-5-3-14-28-20/h3,5-9,14,19H,2,4,10-13,15-16H2,1H3,(H,24,27)/t23-/m0/s1. The highest BCUT2D eigenvalue weighted by Crippen LogP contribution is 2.38. The van der Waals surface area contributed by atoms with Crippen molar-refractivity contribution in [3.8, 4) is 10.4 Å². The quantitative estimate of drug-likeness (QED) is 0.799. The van der Waals surface area contributed by atoms with Crippen molar-refractivity contribution in [2.75, 3.05) is 19.6 Å². The minimum absolute atomic E-state index is 0.0885. The molecule has 0 unspecified atom stereocenters. The molecule has 1 aliphatic heterocycles. The zero-order valence-electron chi connectivity index (χ0n) is 16.4. The van der Waals surface area contributed by atoms with Crippen LogP contribution in [0.5, 0.6) is 0 Å². The van der Waals surface area contributed by atoms with E-state index in [1.54, 1.807) is 11.3 Å². The molecule has 4 rings (SSSR count). The summed E-state index contributed by atoms with van der Waals surface area (Å²) in [6, 6.07) is 12.7. The Hall–Kier alpha value is -2.14. The van der Waals surface area contributed by atoms with Crippen LogP contribution in [0.1, 0.15) is 38.2 Å². The van der Waals surface area contributed by atoms with E-state index in [4.69, 9.17) is 0 Å². The number of hydrogen-bond acceptors (Lipinski definition) is 3. The van der Waals surface area contributed by atoms with Crippen LogP contribution in [0.25, 0.3) is 10.4 Å². The minimum Gasteiger partial charge on any atom is -0.356 e. The zero-order chi connectivity index (χ0) is 19.6. The number of piperidine rings is 1. The molecule has 28 heavy (non-hydrogen) atoms. The maximum absolute atomic E-state index is 13.1. The summed E-state index contributed by atoms with van der Waals surface area (Å²) in [5, 5.41) is 5.12. The van der Waals surface area contributed by atoms with Crippen molar-refractivity contribution in [3.05, 3.63) is 47.3 Å². The van der Waals surface area contributed by atoms with E-state index in [-0.39, 0.29) is 17.7 Å². The highest BCUT2D eigenvalue weighted by molar-refractivity contribution is 7.13. The van der Waals surface area contributed by atoms with Gasteiger partial charge in [0.1, 0.15) is 0 Å². The van der Waals surface area contributed by atoms with Gasteiger partial charge < -0.3 is 10.2 Å². The Labute approximate surface area is 170 Å². The van der Waals surface area contributed by atoms with Crippen LogP contribution >= 0.6 is 11.3 Å². The number of carbonyl (C=O) groups excluding carboxylic acids is 2. The van der Waals surface area contributed by atoms with E-state index in [1.165, 1.54) is 10.4 Å². The van der Waals surface area contributed by atoms with Gasteiger partial charge in [-0.1, -0.05) is 30.3 Å². The van der Waals surface area contributed by atoms with Crippen LogP contribution in [0.2, 0.25) is 0 Å². The summed E-state index contributed by atoms with van der Waals surface area (Å²) in [5.74, 6) is 0.544. The van der Waals surface area contributed by atoms with Crippen LogP contribution in [0, 0.1) is 11.3 Å². The first-order chi connectivity index (χ1) is 13.6. The maximum Gasteiger partial charge on any atom is 0.228 e. The molecule has 1 N–H and O–H groups in total. The van der Waals surface area contributed by atoms with Crippen LogP contribution < -0.4 is 5.32 Å². The van der Waals surface area contributed by atoms with Gasteiger partial charge in [0.15, 0.2) is 0 Å². The van der Waals surface area contributed by atoms with Gasteiger partial charge in [-0.15, -0.1) is 11.3 Å². The highest BCUT2D eigenvalue weighted by Gasteiger charge is 2.45. The summed E-state index contributed by atoms with van der Waals surface area (Å²) < 4.78 is 0. The minimum atomic E-state index is -0.525. The van der Waals surface area contributed by atoms with Gasteiger partial charge in [-0.25, -0.2) is 0 Å². The first-order valence-corrected chi connectivity index (χ1v) is 11.2. The third-order valence-electron chi connectivity index (χ3n) is 5.94. The molecule has 2 amide bonds. The van der Waals surface area contributed by atoms with Crippen molar-refractivity contribution < 1.29 is 9.59 Å². The largest absolute Gasteiger partial charge is 0.356 e. The van der Waals surface area contributed by atoms with E-state index in [1.807, 2.05) is 11.8 Å². The molecule has 2 aliphatic rings. The molecule has 148 valence electrons. The van der Waals surface area contributed by atoms with Crippen molar-refractivity contribution in [1.82, 2.24) is 10.2 Å². The van der Waals surface area contributed by atoms with E-state index < -0.39 is 5.41 Å². The molecule has 1 saturated heterocycles. The van der Waals surface area contributed by atoms with Crippen LogP contribution in [0.15, 0.2) is 41.8 Å². The first kappa shape index (κ1) is 19.2. The Bertz CT molecular complexity index is 827. The number of carbonyl (C=O) groups is 2. The van der Waals surface area contributed by atoms with Gasteiger partial charge in [-0.3, -0.25) is 9.59 Å². The topological polar surface area (TPSA) is 49.4 Å². The fraction of sp³-hybridized carbons (Fsp3) is 0.478.